The fraction of sp³-hybridized carbons (Fsp3) is 0.100. The molecule has 0 aliphatic rings. The number of hydrogen-bond donors (Lipinski definition) is 0. The van der Waals surface area contributed by atoms with Gasteiger partial charge in [-0.25, -0.2) is 4.39 Å². The molecular formula is C10H6ClFIN. The fourth-order valence-electron chi connectivity index (χ4n) is 1.29. The van der Waals surface area contributed by atoms with Crippen LogP contribution < -0.4 is 0 Å². The smallest absolute Gasteiger partial charge is 0.125 e. The van der Waals surface area contributed by atoms with Crippen LogP contribution >= 0.6 is 34.2 Å². The Morgan fingerprint density at radius 1 is 1.43 bits per heavy atom. The van der Waals surface area contributed by atoms with E-state index in [1.54, 1.807) is 6.20 Å². The first-order chi connectivity index (χ1) is 6.59. The van der Waals surface area contributed by atoms with Crippen LogP contribution in [0.15, 0.2) is 18.3 Å². The van der Waals surface area contributed by atoms with Crippen molar-refractivity contribution in [2.24, 2.45) is 0 Å². The first-order valence-electron chi connectivity index (χ1n) is 3.99. The first-order valence-corrected chi connectivity index (χ1v) is 5.45. The standard InChI is InChI=1S/C10H6ClFIN/c1-5-4-14-10-7(9(5)11)2-6(12)3-8(10)13/h2-4H,1H3. The van der Waals surface area contributed by atoms with Crippen molar-refractivity contribution in [1.82, 2.24) is 4.98 Å². The number of aromatic nitrogens is 1. The highest BCUT2D eigenvalue weighted by Crippen LogP contribution is 2.28. The van der Waals surface area contributed by atoms with E-state index in [-0.39, 0.29) is 5.82 Å². The van der Waals surface area contributed by atoms with Crippen LogP contribution in [-0.2, 0) is 0 Å². The van der Waals surface area contributed by atoms with E-state index in [2.05, 4.69) is 27.6 Å². The molecule has 0 amide bonds. The Balaban J connectivity index is 2.95. The lowest BCUT2D eigenvalue weighted by atomic mass is 10.2. The lowest BCUT2D eigenvalue weighted by molar-refractivity contribution is 0.628. The number of pyridine rings is 1. The van der Waals surface area contributed by atoms with Gasteiger partial charge in [-0.3, -0.25) is 4.98 Å². The van der Waals surface area contributed by atoms with Crippen LogP contribution in [0.25, 0.3) is 10.9 Å². The van der Waals surface area contributed by atoms with Crippen molar-refractivity contribution in [2.45, 2.75) is 6.92 Å². The highest BCUT2D eigenvalue weighted by Gasteiger charge is 2.08. The van der Waals surface area contributed by atoms with E-state index < -0.39 is 0 Å². The molecule has 0 N–H and O–H groups in total. The van der Waals surface area contributed by atoms with Crippen molar-refractivity contribution in [2.75, 3.05) is 0 Å². The maximum absolute atomic E-state index is 13.1. The summed E-state index contributed by atoms with van der Waals surface area (Å²) in [7, 11) is 0. The average molecular weight is 322 g/mol. The van der Waals surface area contributed by atoms with Crippen molar-refractivity contribution in [1.29, 1.82) is 0 Å². The fourth-order valence-corrected chi connectivity index (χ4v) is 2.22. The Morgan fingerprint density at radius 2 is 2.14 bits per heavy atom. The topological polar surface area (TPSA) is 12.9 Å². The SMILES string of the molecule is Cc1cnc2c(I)cc(F)cc2c1Cl. The molecule has 1 aromatic heterocycles. The minimum Gasteiger partial charge on any atom is -0.255 e. The Hall–Kier alpha value is -0.420. The molecule has 1 nitrogen and oxygen atoms in total. The van der Waals surface area contributed by atoms with Gasteiger partial charge in [-0.2, -0.15) is 0 Å². The van der Waals surface area contributed by atoms with Crippen LogP contribution in [0.3, 0.4) is 0 Å². The van der Waals surface area contributed by atoms with Gasteiger partial charge < -0.3 is 0 Å². The second kappa shape index (κ2) is 3.62. The maximum atomic E-state index is 13.1. The molecule has 2 rings (SSSR count). The molecule has 72 valence electrons. The van der Waals surface area contributed by atoms with Gasteiger partial charge in [0.05, 0.1) is 10.5 Å². The number of rotatable bonds is 0. The Morgan fingerprint density at radius 3 is 2.86 bits per heavy atom. The lowest BCUT2D eigenvalue weighted by Crippen LogP contribution is -1.88. The maximum Gasteiger partial charge on any atom is 0.125 e. The van der Waals surface area contributed by atoms with E-state index >= 15 is 0 Å². The summed E-state index contributed by atoms with van der Waals surface area (Å²) >= 11 is 8.11. The van der Waals surface area contributed by atoms with Crippen molar-refractivity contribution in [3.63, 3.8) is 0 Å². The summed E-state index contributed by atoms with van der Waals surface area (Å²) in [5.74, 6) is -0.281. The Bertz CT molecular complexity index is 513. The molecule has 0 radical (unpaired) electrons. The van der Waals surface area contributed by atoms with E-state index in [1.807, 2.05) is 6.92 Å². The minimum absolute atomic E-state index is 0.281. The zero-order valence-electron chi connectivity index (χ0n) is 7.31. The number of hydrogen-bond acceptors (Lipinski definition) is 1. The Labute approximate surface area is 99.4 Å². The van der Waals surface area contributed by atoms with Gasteiger partial charge in [-0.05, 0) is 47.2 Å². The molecule has 0 unspecified atom stereocenters. The highest BCUT2D eigenvalue weighted by atomic mass is 127. The average Bonchev–Trinajstić information content (AvgIpc) is 2.12. The zero-order chi connectivity index (χ0) is 10.3. The second-order valence-electron chi connectivity index (χ2n) is 3.04. The number of aryl methyl sites for hydroxylation is 1. The summed E-state index contributed by atoms with van der Waals surface area (Å²) in [6.45, 7) is 1.85. The first kappa shape index (κ1) is 10.1. The van der Waals surface area contributed by atoms with Crippen LogP contribution in [0.4, 0.5) is 4.39 Å². The Kier molecular flexibility index (Phi) is 2.62. The highest BCUT2D eigenvalue weighted by molar-refractivity contribution is 14.1. The molecule has 14 heavy (non-hydrogen) atoms. The lowest BCUT2D eigenvalue weighted by Gasteiger charge is -2.04. The molecule has 2 aromatic rings. The molecule has 1 aromatic carbocycles. The van der Waals surface area contributed by atoms with Crippen LogP contribution in [-0.4, -0.2) is 4.98 Å². The predicted octanol–water partition coefficient (Wildman–Crippen LogP) is 3.94. The van der Waals surface area contributed by atoms with Gasteiger partial charge in [0.25, 0.3) is 0 Å². The third-order valence-corrected chi connectivity index (χ3v) is 3.32. The van der Waals surface area contributed by atoms with Crippen molar-refractivity contribution < 1.29 is 4.39 Å². The molecule has 0 bridgehead atoms. The van der Waals surface area contributed by atoms with E-state index in [9.17, 15) is 4.39 Å². The third-order valence-electron chi connectivity index (χ3n) is 2.00. The van der Waals surface area contributed by atoms with Crippen LogP contribution in [0.1, 0.15) is 5.56 Å². The van der Waals surface area contributed by atoms with Gasteiger partial charge in [0.1, 0.15) is 5.82 Å². The van der Waals surface area contributed by atoms with E-state index in [0.29, 0.717) is 10.4 Å². The molecule has 0 aliphatic carbocycles. The van der Waals surface area contributed by atoms with Gasteiger partial charge in [0.2, 0.25) is 0 Å². The number of halogens is 3. The molecule has 0 saturated carbocycles. The summed E-state index contributed by atoms with van der Waals surface area (Å²) in [4.78, 5) is 4.22. The minimum atomic E-state index is -0.281. The van der Waals surface area contributed by atoms with Gasteiger partial charge >= 0.3 is 0 Å². The van der Waals surface area contributed by atoms with Crippen LogP contribution in [0, 0.1) is 16.3 Å². The summed E-state index contributed by atoms with van der Waals surface area (Å²) in [5.41, 5.74) is 1.61. The zero-order valence-corrected chi connectivity index (χ0v) is 10.2. The van der Waals surface area contributed by atoms with Crippen LogP contribution in [0.2, 0.25) is 5.02 Å². The molecule has 0 saturated heterocycles. The monoisotopic (exact) mass is 321 g/mol. The third kappa shape index (κ3) is 1.59. The van der Waals surface area contributed by atoms with Crippen molar-refractivity contribution in [3.05, 3.63) is 38.3 Å². The molecule has 0 aliphatic heterocycles. The molecule has 0 fully saturated rings. The summed E-state index contributed by atoms with van der Waals surface area (Å²) in [6, 6.07) is 2.86. The molecule has 0 spiro atoms. The molecule has 1 heterocycles. The van der Waals surface area contributed by atoms with Crippen molar-refractivity contribution >= 4 is 45.1 Å². The molecule has 4 heteroatoms. The second-order valence-corrected chi connectivity index (χ2v) is 4.58. The van der Waals surface area contributed by atoms with E-state index in [1.165, 1.54) is 12.1 Å². The van der Waals surface area contributed by atoms with Gasteiger partial charge in [-0.1, -0.05) is 11.6 Å². The number of fused-ring (bicyclic) bond motifs is 1. The summed E-state index contributed by atoms with van der Waals surface area (Å²) in [6.07, 6.45) is 1.70. The van der Waals surface area contributed by atoms with Gasteiger partial charge in [0, 0.05) is 15.2 Å². The van der Waals surface area contributed by atoms with Crippen molar-refractivity contribution in [3.8, 4) is 0 Å². The van der Waals surface area contributed by atoms with Crippen LogP contribution in [0.5, 0.6) is 0 Å². The molecule has 0 atom stereocenters. The molecular weight excluding hydrogens is 315 g/mol. The number of nitrogens with zero attached hydrogens (tertiary/aromatic N) is 1. The quantitative estimate of drug-likeness (QED) is 0.670. The largest absolute Gasteiger partial charge is 0.255 e. The normalized spacial score (nSPS) is 10.9. The predicted molar refractivity (Wildman–Crippen MR) is 64.2 cm³/mol. The summed E-state index contributed by atoms with van der Waals surface area (Å²) < 4.78 is 13.9. The van der Waals surface area contributed by atoms with E-state index in [0.717, 1.165) is 14.7 Å². The summed E-state index contributed by atoms with van der Waals surface area (Å²) in [5, 5.41) is 1.25. The number of benzene rings is 1. The van der Waals surface area contributed by atoms with Gasteiger partial charge in [0.15, 0.2) is 0 Å². The van der Waals surface area contributed by atoms with Gasteiger partial charge in [-0.15, -0.1) is 0 Å². The van der Waals surface area contributed by atoms with E-state index in [4.69, 9.17) is 11.6 Å².